The van der Waals surface area contributed by atoms with E-state index in [9.17, 15) is 0 Å². The molecule has 0 aromatic heterocycles. The van der Waals surface area contributed by atoms with Crippen molar-refractivity contribution in [2.45, 2.75) is 57.4 Å². The summed E-state index contributed by atoms with van der Waals surface area (Å²) in [5.74, 6) is 4.07. The van der Waals surface area contributed by atoms with E-state index in [0.717, 1.165) is 23.7 Å². The Kier molecular flexibility index (Phi) is 2.31. The monoisotopic (exact) mass is 193 g/mol. The zero-order valence-electron chi connectivity index (χ0n) is 9.12. The van der Waals surface area contributed by atoms with Crippen LogP contribution < -0.4 is 5.73 Å². The van der Waals surface area contributed by atoms with Crippen molar-refractivity contribution in [2.75, 3.05) is 0 Å². The highest BCUT2D eigenvalue weighted by molar-refractivity contribution is 4.94. The van der Waals surface area contributed by atoms with Crippen molar-refractivity contribution < 1.29 is 0 Å². The van der Waals surface area contributed by atoms with Crippen LogP contribution in [0.4, 0.5) is 0 Å². The molecule has 4 unspecified atom stereocenters. The summed E-state index contributed by atoms with van der Waals surface area (Å²) in [6, 6.07) is 0.547. The van der Waals surface area contributed by atoms with Crippen LogP contribution in [-0.2, 0) is 0 Å². The SMILES string of the molecule is NC(CCC1CC1)C1CC2CCC1C2. The summed E-state index contributed by atoms with van der Waals surface area (Å²) < 4.78 is 0. The van der Waals surface area contributed by atoms with E-state index in [1.54, 1.807) is 0 Å². The number of hydrogen-bond acceptors (Lipinski definition) is 1. The first-order valence-electron chi connectivity index (χ1n) is 6.58. The van der Waals surface area contributed by atoms with Crippen LogP contribution in [0.25, 0.3) is 0 Å². The Morgan fingerprint density at radius 1 is 1.07 bits per heavy atom. The first-order valence-corrected chi connectivity index (χ1v) is 6.58. The quantitative estimate of drug-likeness (QED) is 0.730. The van der Waals surface area contributed by atoms with Gasteiger partial charge < -0.3 is 5.73 Å². The lowest BCUT2D eigenvalue weighted by Crippen LogP contribution is -2.33. The fourth-order valence-corrected chi connectivity index (χ4v) is 3.87. The Morgan fingerprint density at radius 2 is 1.93 bits per heavy atom. The van der Waals surface area contributed by atoms with E-state index in [4.69, 9.17) is 5.73 Å². The van der Waals surface area contributed by atoms with Gasteiger partial charge >= 0.3 is 0 Å². The van der Waals surface area contributed by atoms with Crippen LogP contribution in [0.15, 0.2) is 0 Å². The van der Waals surface area contributed by atoms with Gasteiger partial charge in [-0.15, -0.1) is 0 Å². The van der Waals surface area contributed by atoms with Gasteiger partial charge in [-0.2, -0.15) is 0 Å². The van der Waals surface area contributed by atoms with Crippen LogP contribution in [0.1, 0.15) is 51.4 Å². The molecule has 3 aliphatic rings. The predicted molar refractivity (Wildman–Crippen MR) is 58.9 cm³/mol. The Balaban J connectivity index is 1.49. The summed E-state index contributed by atoms with van der Waals surface area (Å²) >= 11 is 0. The van der Waals surface area contributed by atoms with Crippen molar-refractivity contribution >= 4 is 0 Å². The standard InChI is InChI=1S/C13H23N/c14-13(6-4-9-1-2-9)12-8-10-3-5-11(12)7-10/h9-13H,1-8,14H2. The van der Waals surface area contributed by atoms with Gasteiger partial charge in [-0.1, -0.05) is 19.3 Å². The third-order valence-corrected chi connectivity index (χ3v) is 4.95. The van der Waals surface area contributed by atoms with Crippen LogP contribution in [0.2, 0.25) is 0 Å². The summed E-state index contributed by atoms with van der Waals surface area (Å²) in [7, 11) is 0. The maximum absolute atomic E-state index is 6.34. The Labute approximate surface area is 87.4 Å². The second-order valence-corrected chi connectivity index (χ2v) is 6.02. The molecule has 3 saturated carbocycles. The summed E-state index contributed by atoms with van der Waals surface area (Å²) in [6.07, 6.45) is 11.7. The zero-order chi connectivity index (χ0) is 9.54. The normalized spacial score (nSPS) is 43.1. The molecule has 0 amide bonds. The fraction of sp³-hybridized carbons (Fsp3) is 1.00. The molecular formula is C13H23N. The molecule has 0 aromatic carbocycles. The van der Waals surface area contributed by atoms with Crippen LogP contribution >= 0.6 is 0 Å². The molecule has 3 rings (SSSR count). The summed E-state index contributed by atoms with van der Waals surface area (Å²) in [5.41, 5.74) is 6.34. The van der Waals surface area contributed by atoms with Gasteiger partial charge in [0.2, 0.25) is 0 Å². The average Bonchev–Trinajstić information content (AvgIpc) is 2.79. The van der Waals surface area contributed by atoms with Crippen LogP contribution in [0.3, 0.4) is 0 Å². The molecule has 3 aliphatic carbocycles. The van der Waals surface area contributed by atoms with E-state index in [1.807, 2.05) is 0 Å². The first kappa shape index (κ1) is 9.21. The lowest BCUT2D eigenvalue weighted by molar-refractivity contribution is 0.268. The second-order valence-electron chi connectivity index (χ2n) is 6.02. The van der Waals surface area contributed by atoms with Gasteiger partial charge in [0.25, 0.3) is 0 Å². The molecule has 2 N–H and O–H groups in total. The van der Waals surface area contributed by atoms with Gasteiger partial charge in [0, 0.05) is 6.04 Å². The van der Waals surface area contributed by atoms with Gasteiger partial charge in [0.15, 0.2) is 0 Å². The molecule has 2 bridgehead atoms. The Bertz CT molecular complexity index is 209. The second kappa shape index (κ2) is 3.52. The zero-order valence-corrected chi connectivity index (χ0v) is 9.12. The molecule has 0 saturated heterocycles. The van der Waals surface area contributed by atoms with Gasteiger partial charge in [-0.25, -0.2) is 0 Å². The van der Waals surface area contributed by atoms with Crippen LogP contribution in [0.5, 0.6) is 0 Å². The highest BCUT2D eigenvalue weighted by Gasteiger charge is 2.42. The minimum absolute atomic E-state index is 0.547. The third-order valence-electron chi connectivity index (χ3n) is 4.95. The van der Waals surface area contributed by atoms with Crippen molar-refractivity contribution in [1.82, 2.24) is 0 Å². The van der Waals surface area contributed by atoms with Crippen LogP contribution in [0, 0.1) is 23.7 Å². The maximum atomic E-state index is 6.34. The minimum Gasteiger partial charge on any atom is -0.327 e. The molecule has 80 valence electrons. The lowest BCUT2D eigenvalue weighted by Gasteiger charge is -2.27. The van der Waals surface area contributed by atoms with E-state index in [-0.39, 0.29) is 0 Å². The molecule has 0 aromatic rings. The van der Waals surface area contributed by atoms with Gasteiger partial charge in [-0.3, -0.25) is 0 Å². The first-order chi connectivity index (χ1) is 6.83. The average molecular weight is 193 g/mol. The molecule has 0 radical (unpaired) electrons. The molecule has 0 aliphatic heterocycles. The lowest BCUT2D eigenvalue weighted by atomic mass is 9.82. The van der Waals surface area contributed by atoms with Crippen molar-refractivity contribution in [1.29, 1.82) is 0 Å². The number of fused-ring (bicyclic) bond motifs is 2. The molecule has 0 heterocycles. The topological polar surface area (TPSA) is 26.0 Å². The Hall–Kier alpha value is -0.0400. The molecule has 3 fully saturated rings. The number of nitrogens with two attached hydrogens (primary N) is 1. The van der Waals surface area contributed by atoms with Gasteiger partial charge in [0.1, 0.15) is 0 Å². The number of rotatable bonds is 4. The fourth-order valence-electron chi connectivity index (χ4n) is 3.87. The molecule has 0 spiro atoms. The summed E-state index contributed by atoms with van der Waals surface area (Å²) in [5, 5.41) is 0. The largest absolute Gasteiger partial charge is 0.327 e. The van der Waals surface area contributed by atoms with E-state index >= 15 is 0 Å². The molecule has 4 atom stereocenters. The van der Waals surface area contributed by atoms with Gasteiger partial charge in [-0.05, 0) is 55.8 Å². The third kappa shape index (κ3) is 1.71. The van der Waals surface area contributed by atoms with E-state index in [2.05, 4.69) is 0 Å². The van der Waals surface area contributed by atoms with E-state index in [0.29, 0.717) is 6.04 Å². The maximum Gasteiger partial charge on any atom is 0.00700 e. The van der Waals surface area contributed by atoms with E-state index in [1.165, 1.54) is 51.4 Å². The number of hydrogen-bond donors (Lipinski definition) is 1. The molecule has 1 heteroatoms. The summed E-state index contributed by atoms with van der Waals surface area (Å²) in [4.78, 5) is 0. The van der Waals surface area contributed by atoms with Crippen molar-refractivity contribution in [3.05, 3.63) is 0 Å². The smallest absolute Gasteiger partial charge is 0.00700 e. The predicted octanol–water partition coefficient (Wildman–Crippen LogP) is 2.94. The molecule has 1 nitrogen and oxygen atoms in total. The minimum atomic E-state index is 0.547. The molecule has 14 heavy (non-hydrogen) atoms. The summed E-state index contributed by atoms with van der Waals surface area (Å²) in [6.45, 7) is 0. The van der Waals surface area contributed by atoms with Crippen LogP contribution in [-0.4, -0.2) is 6.04 Å². The highest BCUT2D eigenvalue weighted by atomic mass is 14.7. The van der Waals surface area contributed by atoms with Crippen molar-refractivity contribution in [3.8, 4) is 0 Å². The Morgan fingerprint density at radius 3 is 2.50 bits per heavy atom. The van der Waals surface area contributed by atoms with Crippen molar-refractivity contribution in [3.63, 3.8) is 0 Å². The van der Waals surface area contributed by atoms with E-state index < -0.39 is 0 Å². The molecular weight excluding hydrogens is 170 g/mol. The van der Waals surface area contributed by atoms with Crippen molar-refractivity contribution in [2.24, 2.45) is 29.4 Å². The highest BCUT2D eigenvalue weighted by Crippen LogP contribution is 2.50. The van der Waals surface area contributed by atoms with Gasteiger partial charge in [0.05, 0.1) is 0 Å².